The predicted molar refractivity (Wildman–Crippen MR) is 99.0 cm³/mol. The number of rotatable bonds is 4. The number of aromatic nitrogens is 3. The van der Waals surface area contributed by atoms with Crippen LogP contribution < -0.4 is 0 Å². The van der Waals surface area contributed by atoms with Gasteiger partial charge >= 0.3 is 0 Å². The maximum Gasteiger partial charge on any atom is 0.275 e. The first kappa shape index (κ1) is 16.7. The summed E-state index contributed by atoms with van der Waals surface area (Å²) in [6.45, 7) is 1.89. The van der Waals surface area contributed by atoms with Crippen LogP contribution >= 0.6 is 0 Å². The lowest BCUT2D eigenvalue weighted by molar-refractivity contribution is 0.0770. The number of fused-ring (bicyclic) bond motifs is 1. The summed E-state index contributed by atoms with van der Waals surface area (Å²) in [5, 5.41) is 5.37. The van der Waals surface area contributed by atoms with Crippen LogP contribution in [0, 0.1) is 5.92 Å². The molecule has 0 N–H and O–H groups in total. The Morgan fingerprint density at radius 3 is 2.77 bits per heavy atom. The van der Waals surface area contributed by atoms with Crippen LogP contribution in [0.4, 0.5) is 0 Å². The summed E-state index contributed by atoms with van der Waals surface area (Å²) in [7, 11) is 3.57. The van der Waals surface area contributed by atoms with E-state index in [2.05, 4.69) is 10.1 Å². The van der Waals surface area contributed by atoms with Crippen molar-refractivity contribution in [2.24, 2.45) is 13.0 Å². The maximum atomic E-state index is 13.2. The van der Waals surface area contributed by atoms with Crippen molar-refractivity contribution in [1.82, 2.24) is 19.7 Å². The molecule has 1 aromatic carbocycles. The highest BCUT2D eigenvalue weighted by Gasteiger charge is 2.38. The van der Waals surface area contributed by atoms with E-state index in [9.17, 15) is 4.79 Å². The lowest BCUT2D eigenvalue weighted by Gasteiger charge is -2.16. The number of ether oxygens (including phenoxy) is 1. The molecule has 2 aromatic heterocycles. The third-order valence-electron chi connectivity index (χ3n) is 5.14. The minimum absolute atomic E-state index is 0.0265. The molecule has 1 aliphatic rings. The maximum absolute atomic E-state index is 13.2. The van der Waals surface area contributed by atoms with Crippen molar-refractivity contribution in [3.8, 4) is 0 Å². The molecule has 0 spiro atoms. The Morgan fingerprint density at radius 2 is 2.00 bits per heavy atom. The lowest BCUT2D eigenvalue weighted by Crippen LogP contribution is -2.30. The van der Waals surface area contributed by atoms with Gasteiger partial charge in [-0.15, -0.1) is 0 Å². The second-order valence-electron chi connectivity index (χ2n) is 6.78. The monoisotopic (exact) mass is 350 g/mol. The zero-order chi connectivity index (χ0) is 18.1. The Kier molecular flexibility index (Phi) is 4.42. The van der Waals surface area contributed by atoms with E-state index in [1.54, 1.807) is 18.0 Å². The van der Waals surface area contributed by atoms with E-state index < -0.39 is 0 Å². The van der Waals surface area contributed by atoms with Crippen LogP contribution in [0.25, 0.3) is 10.9 Å². The molecular weight excluding hydrogens is 328 g/mol. The van der Waals surface area contributed by atoms with Gasteiger partial charge in [0.2, 0.25) is 0 Å². The molecule has 2 atom stereocenters. The molecule has 1 fully saturated rings. The van der Waals surface area contributed by atoms with Gasteiger partial charge in [-0.25, -0.2) is 0 Å². The van der Waals surface area contributed by atoms with E-state index >= 15 is 0 Å². The van der Waals surface area contributed by atoms with Crippen LogP contribution in [0.2, 0.25) is 0 Å². The largest absolute Gasteiger partial charge is 0.384 e. The normalized spacial score (nSPS) is 20.0. The van der Waals surface area contributed by atoms with Gasteiger partial charge in [-0.2, -0.15) is 5.10 Å². The van der Waals surface area contributed by atoms with Crippen molar-refractivity contribution in [2.45, 2.75) is 5.92 Å². The minimum atomic E-state index is -0.0265. The number of nitrogens with zero attached hydrogens (tertiary/aromatic N) is 4. The molecule has 6 nitrogen and oxygen atoms in total. The highest BCUT2D eigenvalue weighted by Crippen LogP contribution is 2.33. The molecule has 26 heavy (non-hydrogen) atoms. The molecular formula is C20H22N4O2. The molecule has 3 aromatic rings. The van der Waals surface area contributed by atoms with Gasteiger partial charge in [0, 0.05) is 56.4 Å². The standard InChI is InChI=1S/C20H22N4O2/c1-23-18-9-4-3-7-15(18)19(22-23)20(25)24-11-14(13-26-2)16(12-24)17-8-5-6-10-21-17/h3-10,14,16H,11-13H2,1-2H3. The summed E-state index contributed by atoms with van der Waals surface area (Å²) in [6.07, 6.45) is 1.80. The van der Waals surface area contributed by atoms with Gasteiger partial charge in [0.15, 0.2) is 5.69 Å². The average molecular weight is 350 g/mol. The van der Waals surface area contributed by atoms with Gasteiger partial charge in [0.05, 0.1) is 12.1 Å². The summed E-state index contributed by atoms with van der Waals surface area (Å²) in [5.41, 5.74) is 2.49. The number of para-hydroxylation sites is 1. The summed E-state index contributed by atoms with van der Waals surface area (Å²) in [5.74, 6) is 0.380. The van der Waals surface area contributed by atoms with Crippen LogP contribution in [0.1, 0.15) is 22.1 Å². The minimum Gasteiger partial charge on any atom is -0.384 e. The topological polar surface area (TPSA) is 60.2 Å². The van der Waals surface area contributed by atoms with E-state index in [1.807, 2.05) is 54.4 Å². The fourth-order valence-electron chi connectivity index (χ4n) is 3.87. The van der Waals surface area contributed by atoms with Crippen LogP contribution in [0.5, 0.6) is 0 Å². The Morgan fingerprint density at radius 1 is 1.19 bits per heavy atom. The van der Waals surface area contributed by atoms with Gasteiger partial charge in [0.1, 0.15) is 0 Å². The number of carbonyl (C=O) groups is 1. The number of aryl methyl sites for hydroxylation is 1. The molecule has 3 heterocycles. The predicted octanol–water partition coefficient (Wildman–Crippen LogP) is 2.47. The molecule has 2 unspecified atom stereocenters. The van der Waals surface area contributed by atoms with Crippen molar-refractivity contribution in [3.63, 3.8) is 0 Å². The average Bonchev–Trinajstić information content (AvgIpc) is 3.24. The molecule has 1 aliphatic heterocycles. The Balaban J connectivity index is 1.64. The first-order chi connectivity index (χ1) is 12.7. The van der Waals surface area contributed by atoms with Crippen molar-refractivity contribution in [3.05, 3.63) is 60.0 Å². The first-order valence-corrected chi connectivity index (χ1v) is 8.80. The van der Waals surface area contributed by atoms with Gasteiger partial charge in [-0.3, -0.25) is 14.5 Å². The molecule has 0 aliphatic carbocycles. The number of methoxy groups -OCH3 is 1. The summed E-state index contributed by atoms with van der Waals surface area (Å²) >= 11 is 0. The van der Waals surface area contributed by atoms with Crippen molar-refractivity contribution < 1.29 is 9.53 Å². The van der Waals surface area contributed by atoms with Crippen LogP contribution in [0.3, 0.4) is 0 Å². The number of carbonyl (C=O) groups excluding carboxylic acids is 1. The van der Waals surface area contributed by atoms with E-state index in [-0.39, 0.29) is 17.7 Å². The summed E-state index contributed by atoms with van der Waals surface area (Å²) in [6, 6.07) is 13.8. The molecule has 1 saturated heterocycles. The zero-order valence-electron chi connectivity index (χ0n) is 15.0. The number of pyridine rings is 1. The number of benzene rings is 1. The van der Waals surface area contributed by atoms with E-state index in [0.29, 0.717) is 25.4 Å². The Hall–Kier alpha value is -2.73. The molecule has 0 bridgehead atoms. The quantitative estimate of drug-likeness (QED) is 0.725. The first-order valence-electron chi connectivity index (χ1n) is 8.80. The highest BCUT2D eigenvalue weighted by molar-refractivity contribution is 6.05. The molecule has 4 rings (SSSR count). The smallest absolute Gasteiger partial charge is 0.275 e. The van der Waals surface area contributed by atoms with Crippen molar-refractivity contribution >= 4 is 16.8 Å². The molecule has 0 saturated carbocycles. The van der Waals surface area contributed by atoms with Crippen LogP contribution in [0.15, 0.2) is 48.7 Å². The molecule has 0 radical (unpaired) electrons. The van der Waals surface area contributed by atoms with Crippen molar-refractivity contribution in [1.29, 1.82) is 0 Å². The number of hydrogen-bond donors (Lipinski definition) is 0. The van der Waals surface area contributed by atoms with Gasteiger partial charge in [-0.1, -0.05) is 24.3 Å². The third kappa shape index (κ3) is 2.86. The number of hydrogen-bond acceptors (Lipinski definition) is 4. The highest BCUT2D eigenvalue weighted by atomic mass is 16.5. The Labute approximate surface area is 152 Å². The fourth-order valence-corrected chi connectivity index (χ4v) is 3.87. The van der Waals surface area contributed by atoms with Crippen molar-refractivity contribution in [2.75, 3.05) is 26.8 Å². The fraction of sp³-hybridized carbons (Fsp3) is 0.350. The molecule has 6 heteroatoms. The number of amides is 1. The lowest BCUT2D eigenvalue weighted by atomic mass is 9.93. The van der Waals surface area contributed by atoms with Crippen LogP contribution in [-0.2, 0) is 11.8 Å². The van der Waals surface area contributed by atoms with Crippen LogP contribution in [-0.4, -0.2) is 52.4 Å². The Bertz CT molecular complexity index is 922. The van der Waals surface area contributed by atoms with E-state index in [4.69, 9.17) is 4.74 Å². The third-order valence-corrected chi connectivity index (χ3v) is 5.14. The zero-order valence-corrected chi connectivity index (χ0v) is 15.0. The number of likely N-dealkylation sites (tertiary alicyclic amines) is 1. The molecule has 1 amide bonds. The van der Waals surface area contributed by atoms with E-state index in [1.165, 1.54) is 0 Å². The van der Waals surface area contributed by atoms with Gasteiger partial charge < -0.3 is 9.64 Å². The summed E-state index contributed by atoms with van der Waals surface area (Å²) in [4.78, 5) is 19.6. The SMILES string of the molecule is COCC1CN(C(=O)c2nn(C)c3ccccc23)CC1c1ccccn1. The van der Waals surface area contributed by atoms with Gasteiger partial charge in [-0.05, 0) is 18.2 Å². The van der Waals surface area contributed by atoms with Gasteiger partial charge in [0.25, 0.3) is 5.91 Å². The van der Waals surface area contributed by atoms with E-state index in [0.717, 1.165) is 16.6 Å². The second kappa shape index (κ2) is 6.88. The summed E-state index contributed by atoms with van der Waals surface area (Å²) < 4.78 is 7.17. The molecule has 134 valence electrons. The second-order valence-corrected chi connectivity index (χ2v) is 6.78.